The Morgan fingerprint density at radius 2 is 2.32 bits per heavy atom. The summed E-state index contributed by atoms with van der Waals surface area (Å²) in [7, 11) is 0. The lowest BCUT2D eigenvalue weighted by molar-refractivity contribution is -0.127. The SMILES string of the molecule is CCC(CCO)NC(=O)C1CCCCN1C(=O)c1ccco1. The summed E-state index contributed by atoms with van der Waals surface area (Å²) >= 11 is 0. The predicted molar refractivity (Wildman–Crippen MR) is 81.3 cm³/mol. The van der Waals surface area contributed by atoms with Gasteiger partial charge in [0.2, 0.25) is 5.91 Å². The van der Waals surface area contributed by atoms with E-state index in [1.165, 1.54) is 6.26 Å². The van der Waals surface area contributed by atoms with Gasteiger partial charge in [0, 0.05) is 19.2 Å². The number of piperidine rings is 1. The van der Waals surface area contributed by atoms with E-state index in [1.54, 1.807) is 17.0 Å². The van der Waals surface area contributed by atoms with Crippen LogP contribution >= 0.6 is 0 Å². The topological polar surface area (TPSA) is 82.8 Å². The Labute approximate surface area is 130 Å². The fraction of sp³-hybridized carbons (Fsp3) is 0.625. The first-order valence-electron chi connectivity index (χ1n) is 7.93. The highest BCUT2D eigenvalue weighted by molar-refractivity contribution is 5.95. The van der Waals surface area contributed by atoms with E-state index < -0.39 is 6.04 Å². The number of nitrogens with zero attached hydrogens (tertiary/aromatic N) is 1. The molecule has 0 spiro atoms. The zero-order chi connectivity index (χ0) is 15.9. The minimum atomic E-state index is -0.459. The number of hydrogen-bond donors (Lipinski definition) is 2. The van der Waals surface area contributed by atoms with Crippen molar-refractivity contribution in [3.63, 3.8) is 0 Å². The number of amides is 2. The molecule has 2 unspecified atom stereocenters. The van der Waals surface area contributed by atoms with E-state index in [1.807, 2.05) is 6.92 Å². The van der Waals surface area contributed by atoms with Crippen molar-refractivity contribution in [2.24, 2.45) is 0 Å². The van der Waals surface area contributed by atoms with Crippen LogP contribution in [0.3, 0.4) is 0 Å². The first-order valence-corrected chi connectivity index (χ1v) is 7.93. The minimum absolute atomic E-state index is 0.0402. The smallest absolute Gasteiger partial charge is 0.290 e. The monoisotopic (exact) mass is 308 g/mol. The number of hydrogen-bond acceptors (Lipinski definition) is 4. The molecule has 6 nitrogen and oxygen atoms in total. The van der Waals surface area contributed by atoms with E-state index in [9.17, 15) is 9.59 Å². The normalized spacial score (nSPS) is 19.7. The van der Waals surface area contributed by atoms with Crippen LogP contribution < -0.4 is 5.32 Å². The summed E-state index contributed by atoms with van der Waals surface area (Å²) in [5.41, 5.74) is 0. The second-order valence-corrected chi connectivity index (χ2v) is 5.61. The summed E-state index contributed by atoms with van der Waals surface area (Å²) in [4.78, 5) is 26.6. The first kappa shape index (κ1) is 16.5. The van der Waals surface area contributed by atoms with Gasteiger partial charge in [0.05, 0.1) is 6.26 Å². The Bertz CT molecular complexity index is 486. The standard InChI is InChI=1S/C16H24N2O4/c1-2-12(8-10-19)17-15(20)13-6-3-4-9-18(13)16(21)14-7-5-11-22-14/h5,7,11-13,19H,2-4,6,8-10H2,1H3,(H,17,20). The second kappa shape index (κ2) is 7.98. The van der Waals surface area contributed by atoms with Gasteiger partial charge in [0.1, 0.15) is 6.04 Å². The highest BCUT2D eigenvalue weighted by Gasteiger charge is 2.34. The van der Waals surface area contributed by atoms with Gasteiger partial charge in [-0.2, -0.15) is 0 Å². The molecule has 1 fully saturated rings. The molecular weight excluding hydrogens is 284 g/mol. The molecule has 0 aromatic carbocycles. The van der Waals surface area contributed by atoms with E-state index in [0.29, 0.717) is 19.4 Å². The average molecular weight is 308 g/mol. The molecule has 6 heteroatoms. The highest BCUT2D eigenvalue weighted by Crippen LogP contribution is 2.20. The molecule has 2 N–H and O–H groups in total. The third-order valence-corrected chi connectivity index (χ3v) is 4.12. The number of carbonyl (C=O) groups is 2. The summed E-state index contributed by atoms with van der Waals surface area (Å²) in [5.74, 6) is -0.109. The molecule has 1 aromatic heterocycles. The Morgan fingerprint density at radius 1 is 1.50 bits per heavy atom. The molecule has 0 aliphatic carbocycles. The van der Waals surface area contributed by atoms with Crippen LogP contribution in [0.1, 0.15) is 49.6 Å². The maximum atomic E-state index is 12.5. The van der Waals surface area contributed by atoms with Crippen molar-refractivity contribution in [1.29, 1.82) is 0 Å². The summed E-state index contributed by atoms with van der Waals surface area (Å²) in [6.45, 7) is 2.57. The number of furan rings is 1. The molecular formula is C16H24N2O4. The Kier molecular flexibility index (Phi) is 6.00. The van der Waals surface area contributed by atoms with Gasteiger partial charge < -0.3 is 19.7 Å². The maximum absolute atomic E-state index is 12.5. The summed E-state index contributed by atoms with van der Waals surface area (Å²) < 4.78 is 5.16. The molecule has 122 valence electrons. The third-order valence-electron chi connectivity index (χ3n) is 4.12. The van der Waals surface area contributed by atoms with Crippen LogP contribution in [-0.2, 0) is 4.79 Å². The molecule has 2 rings (SSSR count). The van der Waals surface area contributed by atoms with Gasteiger partial charge in [-0.05, 0) is 44.2 Å². The van der Waals surface area contributed by atoms with Crippen LogP contribution in [0.2, 0.25) is 0 Å². The molecule has 2 heterocycles. The summed E-state index contributed by atoms with van der Waals surface area (Å²) in [6, 6.07) is 2.77. The van der Waals surface area contributed by atoms with Crippen molar-refractivity contribution in [3.8, 4) is 0 Å². The molecule has 1 saturated heterocycles. The molecule has 2 atom stereocenters. The fourth-order valence-corrected chi connectivity index (χ4v) is 2.82. The van der Waals surface area contributed by atoms with E-state index in [2.05, 4.69) is 5.32 Å². The quantitative estimate of drug-likeness (QED) is 0.835. The van der Waals surface area contributed by atoms with Gasteiger partial charge in [-0.25, -0.2) is 0 Å². The van der Waals surface area contributed by atoms with Crippen LogP contribution in [0.25, 0.3) is 0 Å². The van der Waals surface area contributed by atoms with Gasteiger partial charge in [-0.15, -0.1) is 0 Å². The van der Waals surface area contributed by atoms with Gasteiger partial charge >= 0.3 is 0 Å². The number of rotatable bonds is 6. The predicted octanol–water partition coefficient (Wildman–Crippen LogP) is 1.55. The lowest BCUT2D eigenvalue weighted by Crippen LogP contribution is -2.53. The van der Waals surface area contributed by atoms with Gasteiger partial charge in [-0.1, -0.05) is 6.92 Å². The molecule has 0 bridgehead atoms. The zero-order valence-electron chi connectivity index (χ0n) is 13.0. The van der Waals surface area contributed by atoms with Gasteiger partial charge in [0.25, 0.3) is 5.91 Å². The average Bonchev–Trinajstić information content (AvgIpc) is 3.08. The van der Waals surface area contributed by atoms with Crippen molar-refractivity contribution in [3.05, 3.63) is 24.2 Å². The van der Waals surface area contributed by atoms with Crippen molar-refractivity contribution in [2.45, 2.75) is 51.1 Å². The fourth-order valence-electron chi connectivity index (χ4n) is 2.82. The van der Waals surface area contributed by atoms with Crippen molar-refractivity contribution in [2.75, 3.05) is 13.2 Å². The Morgan fingerprint density at radius 3 is 2.95 bits per heavy atom. The Balaban J connectivity index is 2.05. The van der Waals surface area contributed by atoms with Crippen molar-refractivity contribution >= 4 is 11.8 Å². The number of nitrogens with one attached hydrogen (secondary N) is 1. The summed E-state index contributed by atoms with van der Waals surface area (Å²) in [6.07, 6.45) is 5.22. The lowest BCUT2D eigenvalue weighted by atomic mass is 10.00. The lowest BCUT2D eigenvalue weighted by Gasteiger charge is -2.35. The zero-order valence-corrected chi connectivity index (χ0v) is 13.0. The minimum Gasteiger partial charge on any atom is -0.459 e. The molecule has 0 saturated carbocycles. The highest BCUT2D eigenvalue weighted by atomic mass is 16.3. The number of aliphatic hydroxyl groups excluding tert-OH is 1. The van der Waals surface area contributed by atoms with E-state index >= 15 is 0 Å². The van der Waals surface area contributed by atoms with Crippen LogP contribution in [-0.4, -0.2) is 47.1 Å². The largest absolute Gasteiger partial charge is 0.459 e. The molecule has 1 aliphatic heterocycles. The van der Waals surface area contributed by atoms with Gasteiger partial charge in [-0.3, -0.25) is 9.59 Å². The Hall–Kier alpha value is -1.82. The number of aliphatic hydroxyl groups is 1. The van der Waals surface area contributed by atoms with Crippen molar-refractivity contribution in [1.82, 2.24) is 10.2 Å². The molecule has 2 amide bonds. The summed E-state index contributed by atoms with van der Waals surface area (Å²) in [5, 5.41) is 12.0. The van der Waals surface area contributed by atoms with Crippen LogP contribution in [0, 0.1) is 0 Å². The van der Waals surface area contributed by atoms with E-state index in [-0.39, 0.29) is 30.2 Å². The van der Waals surface area contributed by atoms with Gasteiger partial charge in [0.15, 0.2) is 5.76 Å². The second-order valence-electron chi connectivity index (χ2n) is 5.61. The number of likely N-dealkylation sites (tertiary alicyclic amines) is 1. The van der Waals surface area contributed by atoms with Crippen molar-refractivity contribution < 1.29 is 19.1 Å². The molecule has 1 aromatic rings. The third kappa shape index (κ3) is 3.88. The molecule has 1 aliphatic rings. The molecule has 0 radical (unpaired) electrons. The van der Waals surface area contributed by atoms with Crippen LogP contribution in [0.4, 0.5) is 0 Å². The molecule has 22 heavy (non-hydrogen) atoms. The number of carbonyl (C=O) groups excluding carboxylic acids is 2. The van der Waals surface area contributed by atoms with E-state index in [4.69, 9.17) is 9.52 Å². The van der Waals surface area contributed by atoms with Crippen LogP contribution in [0.5, 0.6) is 0 Å². The maximum Gasteiger partial charge on any atom is 0.290 e. The first-order chi connectivity index (χ1) is 10.7. The van der Waals surface area contributed by atoms with Crippen LogP contribution in [0.15, 0.2) is 22.8 Å². The van der Waals surface area contributed by atoms with E-state index in [0.717, 1.165) is 19.3 Å².